The van der Waals surface area contributed by atoms with Gasteiger partial charge in [0, 0.05) is 18.2 Å². The average molecular weight is 708 g/mol. The molecule has 3 fully saturated rings. The third kappa shape index (κ3) is 3.39. The molecule has 14 heteroatoms. The Balaban J connectivity index is 0.00000300. The van der Waals surface area contributed by atoms with Crippen molar-refractivity contribution in [2.45, 2.75) is 54.7 Å². The number of nitrogens with zero attached hydrogens (tertiary/aromatic N) is 1. The molecule has 0 aliphatic carbocycles. The van der Waals surface area contributed by atoms with Crippen LogP contribution in [0.25, 0.3) is 0 Å². The molecular formula is C15H17F2NO8RfS2-2. The Kier molecular flexibility index (Phi) is 5.58. The molecule has 0 aromatic carbocycles. The van der Waals surface area contributed by atoms with Crippen LogP contribution in [0.15, 0.2) is 0 Å². The monoisotopic (exact) mass is 708 g/mol. The molecule has 3 heterocycles. The SMILES string of the molecule is CC(=O)OC1C2SC3C(C(=O)N(C(C)C)C13)C2C(=O)O[CH-]C(F)(F)S(=O)(=O)[O-].[Rf]. The van der Waals surface area contributed by atoms with Crippen LogP contribution < -0.4 is 0 Å². The molecule has 0 spiro atoms. The van der Waals surface area contributed by atoms with E-state index in [9.17, 15) is 36.1 Å². The van der Waals surface area contributed by atoms with E-state index in [0.29, 0.717) is 0 Å². The minimum Gasteiger partial charge on any atom is -0.746 e. The van der Waals surface area contributed by atoms with Gasteiger partial charge < -0.3 is 18.9 Å². The molecule has 3 rings (SSSR count). The first-order chi connectivity index (χ1) is 12.8. The average Bonchev–Trinajstić information content (AvgIpc) is 3.13. The summed E-state index contributed by atoms with van der Waals surface area (Å²) in [6, 6.07) is -0.702. The minimum absolute atomic E-state index is 0. The van der Waals surface area contributed by atoms with Gasteiger partial charge in [-0.3, -0.25) is 14.4 Å². The number of amides is 1. The van der Waals surface area contributed by atoms with Crippen LogP contribution in [0.1, 0.15) is 20.8 Å². The van der Waals surface area contributed by atoms with Gasteiger partial charge in [0.25, 0.3) is 11.2 Å². The summed E-state index contributed by atoms with van der Waals surface area (Å²) in [6.45, 7) is 4.05. The molecule has 6 atom stereocenters. The van der Waals surface area contributed by atoms with Crippen LogP contribution in [0.5, 0.6) is 0 Å². The molecule has 0 aromatic rings. The number of halogens is 2. The van der Waals surface area contributed by atoms with Crippen LogP contribution >= 0.6 is 11.8 Å². The van der Waals surface area contributed by atoms with Crippen LogP contribution in [0.3, 0.4) is 0 Å². The van der Waals surface area contributed by atoms with Gasteiger partial charge in [-0.25, -0.2) is 17.2 Å². The number of carbonyl (C=O) groups excluding carboxylic acids is 3. The number of thioether (sulfide) groups is 1. The molecule has 2 bridgehead atoms. The molecule has 1 amide bonds. The number of hydrogen-bond acceptors (Lipinski definition) is 9. The first kappa shape index (κ1) is 22.8. The third-order valence-electron chi connectivity index (χ3n) is 5.04. The summed E-state index contributed by atoms with van der Waals surface area (Å²) in [5, 5.41) is -6.02. The predicted octanol–water partition coefficient (Wildman–Crippen LogP) is 0.110. The fourth-order valence-electron chi connectivity index (χ4n) is 4.12. The van der Waals surface area contributed by atoms with Crippen molar-refractivity contribution >= 4 is 39.7 Å². The molecule has 0 N–H and O–H groups in total. The summed E-state index contributed by atoms with van der Waals surface area (Å²) in [7, 11) is -6.07. The quantitative estimate of drug-likeness (QED) is 0.215. The number of carbonyl (C=O) groups is 3. The van der Waals surface area contributed by atoms with Crippen molar-refractivity contribution in [1.29, 1.82) is 0 Å². The second kappa shape index (κ2) is 7.10. The van der Waals surface area contributed by atoms with E-state index in [-0.39, 0.29) is 11.9 Å². The molecule has 3 aliphatic heterocycles. The number of alkyl halides is 2. The van der Waals surface area contributed by atoms with Crippen molar-refractivity contribution in [1.82, 2.24) is 4.90 Å². The Morgan fingerprint density at radius 1 is 1.31 bits per heavy atom. The maximum atomic E-state index is 13.3. The minimum atomic E-state index is -6.07. The molecule has 0 aromatic heterocycles. The summed E-state index contributed by atoms with van der Waals surface area (Å²) in [5.41, 5.74) is 0. The first-order valence-electron chi connectivity index (χ1n) is 8.31. The molecule has 160 valence electrons. The van der Waals surface area contributed by atoms with E-state index < -0.39 is 68.4 Å². The predicted molar refractivity (Wildman–Crippen MR) is 88.5 cm³/mol. The van der Waals surface area contributed by atoms with Gasteiger partial charge in [0.05, 0.1) is 23.1 Å². The maximum Gasteiger partial charge on any atom is 0.303 e. The normalized spacial score (nSPS) is 33.1. The van der Waals surface area contributed by atoms with Crippen LogP contribution in [-0.2, 0) is 34.0 Å². The molecule has 3 saturated heterocycles. The Morgan fingerprint density at radius 3 is 2.38 bits per heavy atom. The largest absolute Gasteiger partial charge is 0.746 e. The van der Waals surface area contributed by atoms with Crippen molar-refractivity contribution in [3.8, 4) is 0 Å². The van der Waals surface area contributed by atoms with Crippen molar-refractivity contribution in [3.05, 3.63) is 6.61 Å². The van der Waals surface area contributed by atoms with Crippen LogP contribution in [-0.4, -0.2) is 69.7 Å². The topological polar surface area (TPSA) is 130 Å². The summed E-state index contributed by atoms with van der Waals surface area (Å²) in [6.07, 6.45) is -0.834. The molecule has 0 saturated carbocycles. The van der Waals surface area contributed by atoms with Gasteiger partial charge in [-0.2, -0.15) is 0 Å². The number of likely N-dealkylation sites (tertiary alicyclic amines) is 1. The van der Waals surface area contributed by atoms with Gasteiger partial charge >= 0.3 is 5.97 Å². The van der Waals surface area contributed by atoms with Crippen molar-refractivity contribution in [3.63, 3.8) is 0 Å². The summed E-state index contributed by atoms with van der Waals surface area (Å²) in [5.74, 6) is -4.37. The smallest absolute Gasteiger partial charge is 0.303 e. The van der Waals surface area contributed by atoms with E-state index in [0.717, 1.165) is 0 Å². The van der Waals surface area contributed by atoms with Crippen LogP contribution in [0.2, 0.25) is 0 Å². The second-order valence-corrected chi connectivity index (χ2v) is 9.90. The number of ether oxygens (including phenoxy) is 2. The van der Waals surface area contributed by atoms with Crippen LogP contribution in [0.4, 0.5) is 8.78 Å². The van der Waals surface area contributed by atoms with Crippen molar-refractivity contribution < 1.29 is 45.6 Å². The zero-order valence-electron chi connectivity index (χ0n) is 15.6. The first-order valence-corrected chi connectivity index (χ1v) is 10.7. The van der Waals surface area contributed by atoms with Gasteiger partial charge in [-0.05, 0) is 13.8 Å². The van der Waals surface area contributed by atoms with Gasteiger partial charge in [-0.15, -0.1) is 11.8 Å². The van der Waals surface area contributed by atoms with E-state index in [1.807, 2.05) is 0 Å². The molecule has 9 nitrogen and oxygen atoms in total. The molecule has 3 aliphatic rings. The Morgan fingerprint density at radius 2 is 1.90 bits per heavy atom. The van der Waals surface area contributed by atoms with Gasteiger partial charge in [0.15, 0.2) is 0 Å². The second-order valence-electron chi connectivity index (χ2n) is 7.09. The Labute approximate surface area is 163 Å². The fraction of sp³-hybridized carbons (Fsp3) is 0.733. The maximum absolute atomic E-state index is 13.3. The van der Waals surface area contributed by atoms with E-state index in [1.165, 1.54) is 23.6 Å². The standard InChI is InChI=1S/C15H18F2NO8S2.Rf/c1-5(2)18-9-10(26-6(3)19)12-8(7(13(18)20)11(9)27-12)14(21)25-4-15(16,17)28(22,23)24;/h4-5,7-12H,1-3H3,(H,22,23,24);/q-1;/p-1. The van der Waals surface area contributed by atoms with Crippen molar-refractivity contribution in [2.24, 2.45) is 11.8 Å². The number of hydrogen-bond donors (Lipinski definition) is 0. The zero-order valence-corrected chi connectivity index (χ0v) is 23.6. The Hall–Kier alpha value is -2.47. The third-order valence-corrected chi connectivity index (χ3v) is 7.57. The van der Waals surface area contributed by atoms with E-state index in [4.69, 9.17) is 4.74 Å². The zero-order chi connectivity index (χ0) is 21.2. The van der Waals surface area contributed by atoms with E-state index >= 15 is 0 Å². The van der Waals surface area contributed by atoms with Gasteiger partial charge in [0.2, 0.25) is 5.91 Å². The van der Waals surface area contributed by atoms with E-state index in [1.54, 1.807) is 13.8 Å². The summed E-state index contributed by atoms with van der Waals surface area (Å²) < 4.78 is 67.7. The molecular weight excluding hydrogens is 691 g/mol. The fourth-order valence-corrected chi connectivity index (χ4v) is 6.37. The van der Waals surface area contributed by atoms with Gasteiger partial charge in [0.1, 0.15) is 16.2 Å². The number of rotatable bonds is 6. The number of esters is 2. The van der Waals surface area contributed by atoms with Crippen LogP contribution in [0, 0.1) is 18.4 Å². The van der Waals surface area contributed by atoms with Gasteiger partial charge in [-0.1, -0.05) is 6.61 Å². The summed E-state index contributed by atoms with van der Waals surface area (Å²) >= 11 is 1.24. The number of fused-ring (bicyclic) bond motifs is 1. The van der Waals surface area contributed by atoms with Crippen molar-refractivity contribution in [2.75, 3.05) is 0 Å². The van der Waals surface area contributed by atoms with E-state index in [2.05, 4.69) is 4.74 Å². The molecule has 0 radical (unpaired) electrons. The summed E-state index contributed by atoms with van der Waals surface area (Å²) in [4.78, 5) is 38.3. The Bertz CT molecular complexity index is 823. The molecule has 6 unspecified atom stereocenters. The molecule has 29 heavy (non-hydrogen) atoms.